The van der Waals surface area contributed by atoms with Gasteiger partial charge in [-0.2, -0.15) is 5.26 Å². The highest BCUT2D eigenvalue weighted by molar-refractivity contribution is 5.73. The Morgan fingerprint density at radius 2 is 1.94 bits per heavy atom. The van der Waals surface area contributed by atoms with Gasteiger partial charge >= 0.3 is 12.0 Å². The second-order valence-corrected chi connectivity index (χ2v) is 4.12. The molecule has 0 unspecified atom stereocenters. The van der Waals surface area contributed by atoms with Crippen molar-refractivity contribution < 1.29 is 14.7 Å². The molecule has 0 radical (unpaired) electrons. The lowest BCUT2D eigenvalue weighted by molar-refractivity contribution is -0.137. The van der Waals surface area contributed by atoms with E-state index in [2.05, 4.69) is 5.32 Å². The first kappa shape index (κ1) is 16.2. The molecule has 0 fully saturated rings. The number of aliphatic carboxylic acids is 1. The van der Waals surface area contributed by atoms with Gasteiger partial charge in [0.25, 0.3) is 0 Å². The first-order valence-corrected chi connectivity index (χ1v) is 6.15. The molecule has 6 heteroatoms. The summed E-state index contributed by atoms with van der Waals surface area (Å²) >= 11 is 0. The molecule has 0 saturated carbocycles. The van der Waals surface area contributed by atoms with Crippen molar-refractivity contribution in [2.45, 2.75) is 38.5 Å². The lowest BCUT2D eigenvalue weighted by Gasteiger charge is -2.16. The molecule has 0 atom stereocenters. The second-order valence-electron chi connectivity index (χ2n) is 4.12. The first-order chi connectivity index (χ1) is 8.57. The maximum absolute atomic E-state index is 11.5. The molecule has 0 heterocycles. The molecule has 18 heavy (non-hydrogen) atoms. The average molecular weight is 255 g/mol. The third kappa shape index (κ3) is 9.46. The molecule has 0 aromatic rings. The highest BCUT2D eigenvalue weighted by Gasteiger charge is 2.06. The number of rotatable bonds is 9. The van der Waals surface area contributed by atoms with Crippen LogP contribution in [0.25, 0.3) is 0 Å². The molecule has 6 nitrogen and oxygen atoms in total. The van der Waals surface area contributed by atoms with E-state index in [9.17, 15) is 9.59 Å². The van der Waals surface area contributed by atoms with Gasteiger partial charge in [-0.3, -0.25) is 4.79 Å². The van der Waals surface area contributed by atoms with E-state index in [1.807, 2.05) is 6.07 Å². The Bertz CT molecular complexity index is 299. The molecular weight excluding hydrogens is 234 g/mol. The van der Waals surface area contributed by atoms with Crippen molar-refractivity contribution in [1.82, 2.24) is 10.2 Å². The number of carbonyl (C=O) groups excluding carboxylic acids is 1. The standard InChI is InChI=1S/C12H21N3O3/c1-15(10-6-8-13)12(18)14-9-5-3-2-4-7-11(16)17/h2-7,9-10H2,1H3,(H,14,18)(H,16,17). The molecule has 0 spiro atoms. The maximum Gasteiger partial charge on any atom is 0.317 e. The van der Waals surface area contributed by atoms with Crippen molar-refractivity contribution in [2.75, 3.05) is 20.1 Å². The number of nitriles is 1. The minimum atomic E-state index is -0.762. The van der Waals surface area contributed by atoms with Crippen LogP contribution in [0.3, 0.4) is 0 Å². The number of nitrogens with one attached hydrogen (secondary N) is 1. The van der Waals surface area contributed by atoms with Crippen LogP contribution in [-0.2, 0) is 4.79 Å². The fourth-order valence-electron chi connectivity index (χ4n) is 1.40. The minimum absolute atomic E-state index is 0.171. The van der Waals surface area contributed by atoms with E-state index in [0.717, 1.165) is 19.3 Å². The number of carboxylic acids is 1. The second kappa shape index (κ2) is 10.4. The van der Waals surface area contributed by atoms with E-state index >= 15 is 0 Å². The smallest absolute Gasteiger partial charge is 0.317 e. The lowest BCUT2D eigenvalue weighted by Crippen LogP contribution is -2.38. The normalized spacial score (nSPS) is 9.56. The van der Waals surface area contributed by atoms with Gasteiger partial charge in [0.15, 0.2) is 0 Å². The summed E-state index contributed by atoms with van der Waals surface area (Å²) in [5.74, 6) is -0.762. The van der Waals surface area contributed by atoms with Crippen molar-refractivity contribution in [1.29, 1.82) is 5.26 Å². The van der Waals surface area contributed by atoms with Crippen LogP contribution >= 0.6 is 0 Å². The van der Waals surface area contributed by atoms with Crippen LogP contribution in [0.5, 0.6) is 0 Å². The third-order valence-electron chi connectivity index (χ3n) is 2.50. The van der Waals surface area contributed by atoms with Gasteiger partial charge in [-0.25, -0.2) is 4.79 Å². The Morgan fingerprint density at radius 1 is 1.28 bits per heavy atom. The van der Waals surface area contributed by atoms with E-state index in [1.165, 1.54) is 4.90 Å². The zero-order valence-electron chi connectivity index (χ0n) is 10.8. The molecule has 2 N–H and O–H groups in total. The quantitative estimate of drug-likeness (QED) is 0.611. The predicted molar refractivity (Wildman–Crippen MR) is 67.0 cm³/mol. The molecule has 102 valence electrons. The number of amides is 2. The number of carbonyl (C=O) groups is 2. The van der Waals surface area contributed by atoms with Crippen molar-refractivity contribution in [2.24, 2.45) is 0 Å². The maximum atomic E-state index is 11.5. The summed E-state index contributed by atoms with van der Waals surface area (Å²) in [6, 6.07) is 1.81. The number of carboxylic acid groups (broad SMARTS) is 1. The Morgan fingerprint density at radius 3 is 2.56 bits per heavy atom. The topological polar surface area (TPSA) is 93.4 Å². The van der Waals surface area contributed by atoms with E-state index in [1.54, 1.807) is 7.05 Å². The predicted octanol–water partition coefficient (Wildman–Crippen LogP) is 1.58. The molecule has 0 aromatic carbocycles. The summed E-state index contributed by atoms with van der Waals surface area (Å²) in [5, 5.41) is 19.6. The van der Waals surface area contributed by atoms with Crippen LogP contribution in [0.15, 0.2) is 0 Å². The monoisotopic (exact) mass is 255 g/mol. The van der Waals surface area contributed by atoms with Crippen LogP contribution < -0.4 is 5.32 Å². The third-order valence-corrected chi connectivity index (χ3v) is 2.50. The Hall–Kier alpha value is -1.77. The van der Waals surface area contributed by atoms with Gasteiger partial charge in [0, 0.05) is 26.6 Å². The number of hydrogen-bond acceptors (Lipinski definition) is 3. The summed E-state index contributed by atoms with van der Waals surface area (Å²) < 4.78 is 0. The van der Waals surface area contributed by atoms with E-state index < -0.39 is 5.97 Å². The molecule has 0 aliphatic heterocycles. The molecule has 0 aliphatic carbocycles. The van der Waals surface area contributed by atoms with Crippen molar-refractivity contribution in [3.05, 3.63) is 0 Å². The van der Waals surface area contributed by atoms with Gasteiger partial charge in [0.1, 0.15) is 0 Å². The number of urea groups is 1. The SMILES string of the molecule is CN(CCC#N)C(=O)NCCCCCCC(=O)O. The Kier molecular flexibility index (Phi) is 9.37. The number of nitrogens with zero attached hydrogens (tertiary/aromatic N) is 2. The lowest BCUT2D eigenvalue weighted by atomic mass is 10.1. The van der Waals surface area contributed by atoms with Gasteiger partial charge in [0.05, 0.1) is 12.5 Å². The van der Waals surface area contributed by atoms with Crippen LogP contribution in [0.1, 0.15) is 38.5 Å². The summed E-state index contributed by atoms with van der Waals surface area (Å²) in [4.78, 5) is 23.2. The Balaban J connectivity index is 3.40. The van der Waals surface area contributed by atoms with Crippen molar-refractivity contribution in [3.63, 3.8) is 0 Å². The van der Waals surface area contributed by atoms with E-state index in [-0.39, 0.29) is 12.5 Å². The summed E-state index contributed by atoms with van der Waals surface area (Å²) in [6.07, 6.45) is 3.85. The molecule has 0 saturated heterocycles. The van der Waals surface area contributed by atoms with Gasteiger partial charge in [-0.1, -0.05) is 12.8 Å². The van der Waals surface area contributed by atoms with E-state index in [0.29, 0.717) is 25.9 Å². The van der Waals surface area contributed by atoms with Gasteiger partial charge in [-0.05, 0) is 12.8 Å². The average Bonchev–Trinajstić information content (AvgIpc) is 2.34. The molecular formula is C12H21N3O3. The highest BCUT2D eigenvalue weighted by atomic mass is 16.4. The summed E-state index contributed by atoms with van der Waals surface area (Å²) in [7, 11) is 1.65. The van der Waals surface area contributed by atoms with Crippen LogP contribution in [0, 0.1) is 11.3 Å². The van der Waals surface area contributed by atoms with Crippen LogP contribution in [0.2, 0.25) is 0 Å². The first-order valence-electron chi connectivity index (χ1n) is 6.15. The van der Waals surface area contributed by atoms with Gasteiger partial charge in [-0.15, -0.1) is 0 Å². The zero-order chi connectivity index (χ0) is 13.8. The molecule has 0 rings (SSSR count). The summed E-state index contributed by atoms with van der Waals surface area (Å²) in [6.45, 7) is 1.02. The molecule has 0 bridgehead atoms. The van der Waals surface area contributed by atoms with Crippen molar-refractivity contribution in [3.8, 4) is 6.07 Å². The fourth-order valence-corrected chi connectivity index (χ4v) is 1.40. The fraction of sp³-hybridized carbons (Fsp3) is 0.750. The molecule has 0 aromatic heterocycles. The number of unbranched alkanes of at least 4 members (excludes halogenated alkanes) is 3. The summed E-state index contributed by atoms with van der Waals surface area (Å²) in [5.41, 5.74) is 0. The van der Waals surface area contributed by atoms with E-state index in [4.69, 9.17) is 10.4 Å². The highest BCUT2D eigenvalue weighted by Crippen LogP contribution is 2.02. The zero-order valence-corrected chi connectivity index (χ0v) is 10.8. The van der Waals surface area contributed by atoms with Gasteiger partial charge in [0.2, 0.25) is 0 Å². The Labute approximate surface area is 108 Å². The molecule has 0 aliphatic rings. The largest absolute Gasteiger partial charge is 0.481 e. The number of hydrogen-bond donors (Lipinski definition) is 2. The van der Waals surface area contributed by atoms with Crippen LogP contribution in [0.4, 0.5) is 4.79 Å². The minimum Gasteiger partial charge on any atom is -0.481 e. The van der Waals surface area contributed by atoms with Gasteiger partial charge < -0.3 is 15.3 Å². The van der Waals surface area contributed by atoms with Crippen molar-refractivity contribution >= 4 is 12.0 Å². The molecule has 2 amide bonds. The van der Waals surface area contributed by atoms with Crippen LogP contribution in [-0.4, -0.2) is 42.1 Å².